The van der Waals surface area contributed by atoms with Gasteiger partial charge in [-0.15, -0.1) is 0 Å². The fraction of sp³-hybridized carbons (Fsp3) is 0.286. The lowest BCUT2D eigenvalue weighted by atomic mass is 10.2. The second kappa shape index (κ2) is 3.27. The highest BCUT2D eigenvalue weighted by Gasteiger charge is 2.04. The summed E-state index contributed by atoms with van der Waals surface area (Å²) in [5, 5.41) is 8.91. The van der Waals surface area contributed by atoms with Gasteiger partial charge < -0.3 is 5.11 Å². The number of nitrogens with zero attached hydrogens (tertiary/aromatic N) is 1. The number of aromatic nitrogens is 1. The molecule has 1 heterocycles. The van der Waals surface area contributed by atoms with E-state index in [4.69, 9.17) is 5.11 Å². The van der Waals surface area contributed by atoms with Gasteiger partial charge in [0.15, 0.2) is 0 Å². The van der Waals surface area contributed by atoms with E-state index in [1.54, 1.807) is 18.3 Å². The number of aliphatic hydroxyl groups is 1. The minimum Gasteiger partial charge on any atom is -0.386 e. The maximum atomic E-state index is 11.8. The fourth-order valence-electron chi connectivity index (χ4n) is 0.662. The van der Waals surface area contributed by atoms with Crippen molar-refractivity contribution in [2.45, 2.75) is 6.10 Å². The second-order valence-electron chi connectivity index (χ2n) is 1.96. The summed E-state index contributed by atoms with van der Waals surface area (Å²) in [5.74, 6) is 0. The van der Waals surface area contributed by atoms with Gasteiger partial charge in [0.05, 0.1) is 0 Å². The molecule has 0 saturated heterocycles. The van der Waals surface area contributed by atoms with Gasteiger partial charge in [-0.1, -0.05) is 6.07 Å². The van der Waals surface area contributed by atoms with Gasteiger partial charge in [-0.2, -0.15) is 0 Å². The molecule has 0 aromatic carbocycles. The molecule has 1 aromatic heterocycles. The van der Waals surface area contributed by atoms with Gasteiger partial charge in [-0.25, -0.2) is 4.39 Å². The van der Waals surface area contributed by atoms with E-state index in [1.165, 1.54) is 6.20 Å². The Morgan fingerprint density at radius 3 is 3.00 bits per heavy atom. The molecule has 2 nitrogen and oxygen atoms in total. The molecule has 10 heavy (non-hydrogen) atoms. The Kier molecular flexibility index (Phi) is 2.34. The van der Waals surface area contributed by atoms with E-state index >= 15 is 0 Å². The first-order chi connectivity index (χ1) is 4.84. The third-order valence-corrected chi connectivity index (χ3v) is 1.22. The highest BCUT2D eigenvalue weighted by atomic mass is 19.1. The first-order valence-corrected chi connectivity index (χ1v) is 2.98. The summed E-state index contributed by atoms with van der Waals surface area (Å²) in [6.45, 7) is -0.758. The third-order valence-electron chi connectivity index (χ3n) is 1.22. The molecule has 1 atom stereocenters. The summed E-state index contributed by atoms with van der Waals surface area (Å²) in [4.78, 5) is 3.73. The van der Waals surface area contributed by atoms with Crippen molar-refractivity contribution < 1.29 is 9.50 Å². The van der Waals surface area contributed by atoms with E-state index < -0.39 is 12.8 Å². The number of alkyl halides is 1. The van der Waals surface area contributed by atoms with Crippen molar-refractivity contribution in [2.75, 3.05) is 6.67 Å². The lowest BCUT2D eigenvalue weighted by Crippen LogP contribution is -1.98. The summed E-state index contributed by atoms with van der Waals surface area (Å²) in [6, 6.07) is 3.30. The van der Waals surface area contributed by atoms with Crippen LogP contribution in [0.3, 0.4) is 0 Å². The lowest BCUT2D eigenvalue weighted by molar-refractivity contribution is 0.141. The Labute approximate surface area is 58.3 Å². The van der Waals surface area contributed by atoms with Crippen molar-refractivity contribution in [1.82, 2.24) is 4.98 Å². The molecule has 54 valence electrons. The molecule has 1 unspecified atom stereocenters. The molecular formula is C7H8FNO. The fourth-order valence-corrected chi connectivity index (χ4v) is 0.662. The monoisotopic (exact) mass is 141 g/mol. The van der Waals surface area contributed by atoms with E-state index in [2.05, 4.69) is 4.98 Å². The summed E-state index contributed by atoms with van der Waals surface area (Å²) >= 11 is 0. The molecule has 0 spiro atoms. The normalized spacial score (nSPS) is 13.0. The van der Waals surface area contributed by atoms with Gasteiger partial charge in [0.2, 0.25) is 0 Å². The average Bonchev–Trinajstić information content (AvgIpc) is 2.05. The first kappa shape index (κ1) is 7.15. The van der Waals surface area contributed by atoms with Crippen LogP contribution < -0.4 is 0 Å². The van der Waals surface area contributed by atoms with Crippen LogP contribution in [0.5, 0.6) is 0 Å². The highest BCUT2D eigenvalue weighted by molar-refractivity contribution is 5.11. The number of pyridine rings is 1. The number of rotatable bonds is 2. The zero-order chi connectivity index (χ0) is 7.40. The Morgan fingerprint density at radius 2 is 2.50 bits per heavy atom. The molecule has 1 rings (SSSR count). The van der Waals surface area contributed by atoms with Crippen LogP contribution >= 0.6 is 0 Å². The van der Waals surface area contributed by atoms with Crippen LogP contribution in [0.25, 0.3) is 0 Å². The molecule has 1 aromatic rings. The average molecular weight is 141 g/mol. The van der Waals surface area contributed by atoms with Crippen LogP contribution in [-0.2, 0) is 0 Å². The van der Waals surface area contributed by atoms with Crippen molar-refractivity contribution in [3.05, 3.63) is 30.1 Å². The maximum absolute atomic E-state index is 11.8. The van der Waals surface area contributed by atoms with Gasteiger partial charge in [0.25, 0.3) is 0 Å². The molecule has 3 heteroatoms. The van der Waals surface area contributed by atoms with Crippen molar-refractivity contribution >= 4 is 0 Å². The van der Waals surface area contributed by atoms with Crippen LogP contribution in [0.1, 0.15) is 11.7 Å². The Bertz CT molecular complexity index is 190. The quantitative estimate of drug-likeness (QED) is 0.668. The van der Waals surface area contributed by atoms with Crippen LogP contribution in [-0.4, -0.2) is 16.8 Å². The molecule has 0 fully saturated rings. The predicted molar refractivity (Wildman–Crippen MR) is 35.2 cm³/mol. The van der Waals surface area contributed by atoms with E-state index in [0.29, 0.717) is 5.56 Å². The topological polar surface area (TPSA) is 33.1 Å². The molecule has 1 N–H and O–H groups in total. The smallest absolute Gasteiger partial charge is 0.120 e. The molecule has 0 aliphatic heterocycles. The molecular weight excluding hydrogens is 133 g/mol. The second-order valence-corrected chi connectivity index (χ2v) is 1.96. The van der Waals surface area contributed by atoms with Gasteiger partial charge in [0, 0.05) is 18.0 Å². The number of aliphatic hydroxyl groups excluding tert-OH is 1. The van der Waals surface area contributed by atoms with Gasteiger partial charge in [-0.05, 0) is 6.07 Å². The van der Waals surface area contributed by atoms with Crippen LogP contribution in [0.2, 0.25) is 0 Å². The van der Waals surface area contributed by atoms with Crippen LogP contribution in [0.4, 0.5) is 4.39 Å². The minimum absolute atomic E-state index is 0.519. The lowest BCUT2D eigenvalue weighted by Gasteiger charge is -2.02. The highest BCUT2D eigenvalue weighted by Crippen LogP contribution is 2.09. The molecule has 0 amide bonds. The van der Waals surface area contributed by atoms with Crippen molar-refractivity contribution in [3.63, 3.8) is 0 Å². The Balaban J connectivity index is 2.75. The first-order valence-electron chi connectivity index (χ1n) is 2.98. The minimum atomic E-state index is -1.02. The van der Waals surface area contributed by atoms with Gasteiger partial charge in [0.1, 0.15) is 12.8 Å². The van der Waals surface area contributed by atoms with Crippen molar-refractivity contribution in [2.24, 2.45) is 0 Å². The van der Waals surface area contributed by atoms with Crippen molar-refractivity contribution in [3.8, 4) is 0 Å². The number of hydrogen-bond acceptors (Lipinski definition) is 2. The van der Waals surface area contributed by atoms with E-state index in [1.807, 2.05) is 0 Å². The molecule has 0 bridgehead atoms. The Hall–Kier alpha value is -0.960. The maximum Gasteiger partial charge on any atom is 0.120 e. The molecule has 0 radical (unpaired) electrons. The van der Waals surface area contributed by atoms with Crippen LogP contribution in [0.15, 0.2) is 24.5 Å². The van der Waals surface area contributed by atoms with Gasteiger partial charge in [-0.3, -0.25) is 4.98 Å². The Morgan fingerprint density at radius 1 is 1.70 bits per heavy atom. The zero-order valence-corrected chi connectivity index (χ0v) is 5.37. The van der Waals surface area contributed by atoms with E-state index in [-0.39, 0.29) is 0 Å². The van der Waals surface area contributed by atoms with Gasteiger partial charge >= 0.3 is 0 Å². The molecule has 0 aliphatic rings. The molecule has 0 saturated carbocycles. The van der Waals surface area contributed by atoms with E-state index in [0.717, 1.165) is 0 Å². The SMILES string of the molecule is OC(CF)c1cccnc1. The summed E-state index contributed by atoms with van der Waals surface area (Å²) in [5.41, 5.74) is 0.519. The third kappa shape index (κ3) is 1.51. The summed E-state index contributed by atoms with van der Waals surface area (Å²) in [6.07, 6.45) is 2.01. The van der Waals surface area contributed by atoms with E-state index in [9.17, 15) is 4.39 Å². The standard InChI is InChI=1S/C7H8FNO/c8-4-7(10)6-2-1-3-9-5-6/h1-3,5,7,10H,4H2. The van der Waals surface area contributed by atoms with Crippen LogP contribution in [0, 0.1) is 0 Å². The summed E-state index contributed by atoms with van der Waals surface area (Å²) < 4.78 is 11.8. The molecule has 0 aliphatic carbocycles. The largest absolute Gasteiger partial charge is 0.386 e. The van der Waals surface area contributed by atoms with Crippen molar-refractivity contribution in [1.29, 1.82) is 0 Å². The zero-order valence-electron chi connectivity index (χ0n) is 5.37. The summed E-state index contributed by atoms with van der Waals surface area (Å²) in [7, 11) is 0. The number of hydrogen-bond donors (Lipinski definition) is 1. The predicted octanol–water partition coefficient (Wildman–Crippen LogP) is 1.08. The number of halogens is 1.